The number of piperazine rings is 1. The molecule has 2 saturated heterocycles. The van der Waals surface area contributed by atoms with Crippen LogP contribution in [0.1, 0.15) is 63.5 Å². The summed E-state index contributed by atoms with van der Waals surface area (Å²) in [4.78, 5) is 19.7. The van der Waals surface area contributed by atoms with Gasteiger partial charge in [-0.15, -0.1) is 0 Å². The van der Waals surface area contributed by atoms with E-state index < -0.39 is 17.6 Å². The van der Waals surface area contributed by atoms with Crippen molar-refractivity contribution in [1.82, 2.24) is 15.1 Å². The van der Waals surface area contributed by atoms with Crippen LogP contribution in [0.25, 0.3) is 0 Å². The van der Waals surface area contributed by atoms with Crippen LogP contribution in [0.15, 0.2) is 18.2 Å². The third-order valence-electron chi connectivity index (χ3n) is 12.3. The van der Waals surface area contributed by atoms with Gasteiger partial charge in [0.05, 0.1) is 33.4 Å². The molecule has 53 heavy (non-hydrogen) atoms. The molecule has 3 aromatic rings. The van der Waals surface area contributed by atoms with Gasteiger partial charge in [-0.1, -0.05) is 13.0 Å². The number of benzene rings is 3. The molecule has 0 aromatic heterocycles. The average Bonchev–Trinajstić information content (AvgIpc) is 3.62. The Morgan fingerprint density at radius 3 is 2.43 bits per heavy atom. The third kappa shape index (κ3) is 5.32. The molecule has 284 valence electrons. The number of rotatable bonds is 4. The molecule has 5 aliphatic heterocycles. The molecule has 0 amide bonds. The van der Waals surface area contributed by atoms with Crippen LogP contribution in [-0.4, -0.2) is 104 Å². The molecule has 13 heteroatoms. The monoisotopic (exact) mass is 747 g/mol. The molecule has 0 radical (unpaired) electrons. The summed E-state index contributed by atoms with van der Waals surface area (Å²) in [5, 5.41) is 26.2. The number of methoxy groups -OCH3 is 3. The molecule has 1 spiro atoms. The maximum atomic E-state index is 14.8. The number of hydrogen-bond acceptors (Lipinski definition) is 13. The van der Waals surface area contributed by atoms with E-state index in [9.17, 15) is 15.0 Å². The SMILES string of the molecule is COc1cc2c(cc1O)CCN[C@]21CSC(C)C2C3c4c(cc(C)c(OC)c4O)CC(CN2C(c2c(C)c(OC)c(C)c4c2OCO4)COC1=O)N3C. The Morgan fingerprint density at radius 1 is 0.943 bits per heavy atom. The van der Waals surface area contributed by atoms with Crippen molar-refractivity contribution in [3.05, 3.63) is 62.7 Å². The van der Waals surface area contributed by atoms with Crippen LogP contribution >= 0.6 is 11.8 Å². The molecule has 2 fully saturated rings. The summed E-state index contributed by atoms with van der Waals surface area (Å²) in [6, 6.07) is 4.92. The fourth-order valence-corrected chi connectivity index (χ4v) is 11.2. The highest BCUT2D eigenvalue weighted by Crippen LogP contribution is 2.55. The van der Waals surface area contributed by atoms with Gasteiger partial charge in [-0.2, -0.15) is 11.8 Å². The molecule has 2 bridgehead atoms. The number of hydrogen-bond donors (Lipinski definition) is 3. The van der Waals surface area contributed by atoms with E-state index in [1.54, 1.807) is 38.1 Å². The smallest absolute Gasteiger partial charge is 0.331 e. The largest absolute Gasteiger partial charge is 0.504 e. The van der Waals surface area contributed by atoms with E-state index in [0.717, 1.165) is 50.9 Å². The lowest BCUT2D eigenvalue weighted by atomic mass is 9.77. The second kappa shape index (κ2) is 13.4. The van der Waals surface area contributed by atoms with Gasteiger partial charge in [-0.3, -0.25) is 15.1 Å². The minimum Gasteiger partial charge on any atom is -0.504 e. The fraction of sp³-hybridized carbons (Fsp3) is 0.525. The average molecular weight is 748 g/mol. The lowest BCUT2D eigenvalue weighted by Crippen LogP contribution is -2.65. The second-order valence-electron chi connectivity index (χ2n) is 15.0. The van der Waals surface area contributed by atoms with Crippen LogP contribution < -0.4 is 29.0 Å². The topological polar surface area (TPSA) is 131 Å². The van der Waals surface area contributed by atoms with E-state index in [4.69, 9.17) is 28.4 Å². The molecule has 0 aliphatic carbocycles. The summed E-state index contributed by atoms with van der Waals surface area (Å²) in [5.74, 6) is 2.96. The number of carbonyl (C=O) groups excluding carboxylic acids is 1. The van der Waals surface area contributed by atoms with E-state index >= 15 is 0 Å². The summed E-state index contributed by atoms with van der Waals surface area (Å²) < 4.78 is 36.2. The number of phenols is 2. The Bertz CT molecular complexity index is 1990. The van der Waals surface area contributed by atoms with E-state index in [0.29, 0.717) is 54.0 Å². The van der Waals surface area contributed by atoms with Crippen LogP contribution in [-0.2, 0) is 27.9 Å². The highest BCUT2D eigenvalue weighted by atomic mass is 32.2. The summed E-state index contributed by atoms with van der Waals surface area (Å²) in [6.45, 7) is 9.51. The van der Waals surface area contributed by atoms with Gasteiger partial charge >= 0.3 is 5.97 Å². The third-order valence-corrected chi connectivity index (χ3v) is 13.7. The second-order valence-corrected chi connectivity index (χ2v) is 16.3. The maximum Gasteiger partial charge on any atom is 0.331 e. The van der Waals surface area contributed by atoms with Crippen molar-refractivity contribution < 1.29 is 43.4 Å². The maximum absolute atomic E-state index is 14.8. The molecule has 5 heterocycles. The van der Waals surface area contributed by atoms with E-state index in [1.165, 1.54) is 7.11 Å². The first-order valence-electron chi connectivity index (χ1n) is 18.2. The summed E-state index contributed by atoms with van der Waals surface area (Å²) in [5.41, 5.74) is 5.93. The number of cyclic esters (lactones) is 1. The van der Waals surface area contributed by atoms with E-state index in [1.807, 2.05) is 20.8 Å². The molecule has 0 saturated carbocycles. The lowest BCUT2D eigenvalue weighted by molar-refractivity contribution is -0.155. The first-order chi connectivity index (χ1) is 25.4. The highest BCUT2D eigenvalue weighted by Gasteiger charge is 2.54. The standard InChI is InChI=1S/C40H49N3O9S/c1-19-11-24-12-25-15-43-27(30-20(2)36(49-8)21(3)37-38(30)52-18-51-37)16-50-39(46)40(26-14-29(47-6)28(44)13-23(26)9-10-41-40)17-53-22(4)32(43)33(42(25)5)31(24)34(45)35(19)48-7/h11,13-14,22,25,27,32-33,41,44-45H,9-10,12,15-18H2,1-8H3/t22?,25?,27?,32?,33?,40-/m1/s1. The van der Waals surface area contributed by atoms with Gasteiger partial charge in [0, 0.05) is 58.4 Å². The number of aryl methyl sites for hydroxylation is 1. The Kier molecular flexibility index (Phi) is 9.07. The zero-order valence-electron chi connectivity index (χ0n) is 31.6. The Hall–Kier alpha value is -4.04. The number of esters is 1. The van der Waals surface area contributed by atoms with Gasteiger partial charge in [0.1, 0.15) is 12.4 Å². The Morgan fingerprint density at radius 2 is 1.70 bits per heavy atom. The van der Waals surface area contributed by atoms with Gasteiger partial charge < -0.3 is 38.6 Å². The predicted octanol–water partition coefficient (Wildman–Crippen LogP) is 4.82. The zero-order valence-corrected chi connectivity index (χ0v) is 32.4. The van der Waals surface area contributed by atoms with Crippen molar-refractivity contribution >= 4 is 17.7 Å². The van der Waals surface area contributed by atoms with Gasteiger partial charge in [0.2, 0.25) is 6.79 Å². The quantitative estimate of drug-likeness (QED) is 0.316. The fourth-order valence-electron chi connectivity index (χ4n) is 9.84. The lowest BCUT2D eigenvalue weighted by Gasteiger charge is -2.58. The number of carbonyl (C=O) groups is 1. The number of aromatic hydroxyl groups is 2. The zero-order chi connectivity index (χ0) is 37.5. The number of fused-ring (bicyclic) bond motifs is 9. The van der Waals surface area contributed by atoms with Gasteiger partial charge in [0.15, 0.2) is 40.0 Å². The van der Waals surface area contributed by atoms with Crippen molar-refractivity contribution in [3.63, 3.8) is 0 Å². The van der Waals surface area contributed by atoms with Crippen LogP contribution in [0.2, 0.25) is 0 Å². The molecule has 5 aliphatic rings. The van der Waals surface area contributed by atoms with Crippen LogP contribution in [0.5, 0.6) is 40.2 Å². The van der Waals surface area contributed by atoms with Crippen molar-refractivity contribution in [2.24, 2.45) is 0 Å². The summed E-state index contributed by atoms with van der Waals surface area (Å²) >= 11 is 1.70. The number of likely N-dealkylation sites (N-methyl/N-ethyl adjacent to an activating group) is 1. The van der Waals surface area contributed by atoms with Crippen LogP contribution in [0.4, 0.5) is 0 Å². The molecular weight excluding hydrogens is 699 g/mol. The van der Waals surface area contributed by atoms with Crippen LogP contribution in [0.3, 0.4) is 0 Å². The number of nitrogens with one attached hydrogen (secondary N) is 1. The number of thioether (sulfide) groups is 1. The summed E-state index contributed by atoms with van der Waals surface area (Å²) in [6.07, 6.45) is 1.38. The van der Waals surface area contributed by atoms with Crippen molar-refractivity contribution in [2.75, 3.05) is 60.6 Å². The summed E-state index contributed by atoms with van der Waals surface area (Å²) in [7, 11) is 6.92. The minimum absolute atomic E-state index is 0.0305. The Labute approximate surface area is 314 Å². The van der Waals surface area contributed by atoms with E-state index in [-0.39, 0.29) is 48.3 Å². The first-order valence-corrected chi connectivity index (χ1v) is 19.3. The number of ether oxygens (including phenoxy) is 6. The molecular formula is C40H49N3O9S. The normalized spacial score (nSPS) is 28.1. The molecule has 12 nitrogen and oxygen atoms in total. The van der Waals surface area contributed by atoms with Gasteiger partial charge in [0.25, 0.3) is 0 Å². The van der Waals surface area contributed by atoms with Crippen molar-refractivity contribution in [3.8, 4) is 40.2 Å². The van der Waals surface area contributed by atoms with Crippen LogP contribution in [0, 0.1) is 20.8 Å². The first kappa shape index (κ1) is 36.0. The molecule has 3 aromatic carbocycles. The molecule has 5 unspecified atom stereocenters. The Balaban J connectivity index is 1.34. The van der Waals surface area contributed by atoms with Crippen molar-refractivity contribution in [1.29, 1.82) is 0 Å². The number of phenolic OH excluding ortho intramolecular Hbond substituents is 2. The molecule has 8 rings (SSSR count). The molecule has 3 N–H and O–H groups in total. The van der Waals surface area contributed by atoms with Crippen molar-refractivity contribution in [2.45, 2.75) is 75.5 Å². The molecule has 6 atom stereocenters. The van der Waals surface area contributed by atoms with Gasteiger partial charge in [-0.25, -0.2) is 4.79 Å². The number of nitrogens with zero attached hydrogens (tertiary/aromatic N) is 2. The highest BCUT2D eigenvalue weighted by molar-refractivity contribution is 8.00. The predicted molar refractivity (Wildman–Crippen MR) is 200 cm³/mol. The van der Waals surface area contributed by atoms with E-state index in [2.05, 4.69) is 35.2 Å². The minimum atomic E-state index is -1.21. The van der Waals surface area contributed by atoms with Gasteiger partial charge in [-0.05, 0) is 75.0 Å².